The van der Waals surface area contributed by atoms with Gasteiger partial charge in [-0.05, 0) is 120 Å². The Morgan fingerprint density at radius 3 is 1.04 bits per heavy atom. The quantitative estimate of drug-likeness (QED) is 0.119. The van der Waals surface area contributed by atoms with Gasteiger partial charge in [0.15, 0.2) is 0 Å². The van der Waals surface area contributed by atoms with Crippen LogP contribution >= 0.6 is 7.92 Å². The molecule has 1 fully saturated rings. The van der Waals surface area contributed by atoms with Crippen LogP contribution in [0.4, 0.5) is 0 Å². The molecule has 0 nitrogen and oxygen atoms in total. The molecule has 0 N–H and O–H groups in total. The van der Waals surface area contributed by atoms with Gasteiger partial charge in [0, 0.05) is 11.3 Å². The van der Waals surface area contributed by atoms with E-state index in [1.54, 1.807) is 5.30 Å². The molecule has 5 aromatic carbocycles. The second-order valence-electron chi connectivity index (χ2n) is 18.0. The molecular formula is C53H67P. The Labute approximate surface area is 331 Å². The van der Waals surface area contributed by atoms with Crippen LogP contribution in [0.2, 0.25) is 0 Å². The molecular weight excluding hydrogens is 668 g/mol. The highest BCUT2D eigenvalue weighted by atomic mass is 31.1. The highest BCUT2D eigenvalue weighted by molar-refractivity contribution is 7.67. The van der Waals surface area contributed by atoms with Gasteiger partial charge in [0.05, 0.1) is 0 Å². The van der Waals surface area contributed by atoms with Crippen LogP contribution in [0.1, 0.15) is 194 Å². The van der Waals surface area contributed by atoms with E-state index in [0.717, 1.165) is 0 Å². The number of rotatable bonds is 11. The minimum absolute atomic E-state index is 0.407. The first-order chi connectivity index (χ1) is 25.8. The predicted molar refractivity (Wildman–Crippen MR) is 241 cm³/mol. The lowest BCUT2D eigenvalue weighted by Crippen LogP contribution is -2.23. The van der Waals surface area contributed by atoms with Gasteiger partial charge in [-0.2, -0.15) is 0 Å². The van der Waals surface area contributed by atoms with E-state index in [0.29, 0.717) is 46.8 Å². The van der Waals surface area contributed by atoms with Crippen LogP contribution in [-0.2, 0) is 0 Å². The zero-order valence-corrected chi connectivity index (χ0v) is 36.4. The van der Waals surface area contributed by atoms with Crippen molar-refractivity contribution in [3.05, 3.63) is 148 Å². The SMILES string of the molecule is CC(C)c1cc(C(C)C)c(-c2cccc(-c3c(C(C)C)cc(C(C)C)cc3C(C)C)c2P2C(c3ccccc3)CCCC2c2ccccc2)c(C(C)C)c1. The maximum Gasteiger partial charge on any atom is 0.00878 e. The standard InChI is InChI=1S/C53H67P/c1-33(2)41-29-45(35(5)6)51(46(30-41)36(7)8)43-25-19-26-44(52-47(37(9)10)31-42(34(3)4)32-48(52)38(11)12)53(43)54-49(39-21-15-13-16-22-39)27-20-28-50(54)40-23-17-14-18-24-40/h13-19,21-26,29-38,49-50H,20,27-28H2,1-12H3. The molecule has 1 saturated heterocycles. The molecule has 54 heavy (non-hydrogen) atoms. The second kappa shape index (κ2) is 17.1. The molecule has 2 atom stereocenters. The van der Waals surface area contributed by atoms with Crippen molar-refractivity contribution in [3.63, 3.8) is 0 Å². The van der Waals surface area contributed by atoms with E-state index in [4.69, 9.17) is 0 Å². The first-order valence-electron chi connectivity index (χ1n) is 21.2. The molecule has 0 aliphatic carbocycles. The molecule has 1 heteroatoms. The van der Waals surface area contributed by atoms with Gasteiger partial charge in [0.25, 0.3) is 0 Å². The topological polar surface area (TPSA) is 0 Å². The highest BCUT2D eigenvalue weighted by Crippen LogP contribution is 2.69. The Morgan fingerprint density at radius 1 is 0.407 bits per heavy atom. The summed E-state index contributed by atoms with van der Waals surface area (Å²) in [6, 6.07) is 41.0. The van der Waals surface area contributed by atoms with Crippen LogP contribution < -0.4 is 5.30 Å². The van der Waals surface area contributed by atoms with Crippen molar-refractivity contribution < 1.29 is 0 Å². The van der Waals surface area contributed by atoms with Crippen molar-refractivity contribution in [2.75, 3.05) is 0 Å². The minimum Gasteiger partial charge on any atom is -0.0622 e. The third kappa shape index (κ3) is 8.07. The average molecular weight is 735 g/mol. The maximum atomic E-state index is 2.57. The van der Waals surface area contributed by atoms with E-state index in [-0.39, 0.29) is 0 Å². The molecule has 6 rings (SSSR count). The van der Waals surface area contributed by atoms with E-state index in [1.807, 2.05) is 0 Å². The molecule has 0 saturated carbocycles. The number of hydrogen-bond acceptors (Lipinski definition) is 0. The summed E-state index contributed by atoms with van der Waals surface area (Å²) in [4.78, 5) is 0. The molecule has 2 unspecified atom stereocenters. The highest BCUT2D eigenvalue weighted by Gasteiger charge is 2.40. The zero-order chi connectivity index (χ0) is 38.8. The zero-order valence-electron chi connectivity index (χ0n) is 35.5. The average Bonchev–Trinajstić information content (AvgIpc) is 3.16. The van der Waals surface area contributed by atoms with Gasteiger partial charge in [-0.25, -0.2) is 0 Å². The monoisotopic (exact) mass is 734 g/mol. The molecule has 284 valence electrons. The maximum absolute atomic E-state index is 2.57. The number of benzene rings is 5. The molecule has 1 aliphatic rings. The smallest absolute Gasteiger partial charge is 0.00878 e. The van der Waals surface area contributed by atoms with Crippen LogP contribution in [0, 0.1) is 0 Å². The van der Waals surface area contributed by atoms with Crippen molar-refractivity contribution in [3.8, 4) is 22.3 Å². The molecule has 0 spiro atoms. The minimum atomic E-state index is -0.702. The summed E-state index contributed by atoms with van der Waals surface area (Å²) >= 11 is 0. The van der Waals surface area contributed by atoms with Gasteiger partial charge < -0.3 is 0 Å². The van der Waals surface area contributed by atoms with Crippen LogP contribution in [0.5, 0.6) is 0 Å². The van der Waals surface area contributed by atoms with Gasteiger partial charge in [0.2, 0.25) is 0 Å². The van der Waals surface area contributed by atoms with E-state index in [9.17, 15) is 0 Å². The molecule has 0 aromatic heterocycles. The largest absolute Gasteiger partial charge is 0.0622 e. The molecule has 5 aromatic rings. The second-order valence-corrected chi connectivity index (χ2v) is 20.5. The third-order valence-corrected chi connectivity index (χ3v) is 15.5. The molecule has 0 radical (unpaired) electrons. The summed E-state index contributed by atoms with van der Waals surface area (Å²) in [5.74, 6) is 2.59. The summed E-state index contributed by atoms with van der Waals surface area (Å²) in [6.07, 6.45) is 3.71. The van der Waals surface area contributed by atoms with Crippen LogP contribution in [0.3, 0.4) is 0 Å². The summed E-state index contributed by atoms with van der Waals surface area (Å²) in [6.45, 7) is 28.8. The Hall–Kier alpha value is -3.47. The van der Waals surface area contributed by atoms with Crippen molar-refractivity contribution >= 4 is 13.2 Å². The summed E-state index contributed by atoms with van der Waals surface area (Å²) in [7, 11) is -0.702. The van der Waals surface area contributed by atoms with Crippen molar-refractivity contribution in [1.29, 1.82) is 0 Å². The van der Waals surface area contributed by atoms with Gasteiger partial charge in [-0.3, -0.25) is 0 Å². The Balaban J connectivity index is 1.84. The molecule has 0 bridgehead atoms. The fourth-order valence-corrected chi connectivity index (χ4v) is 13.0. The predicted octanol–water partition coefficient (Wildman–Crippen LogP) is 16.5. The summed E-state index contributed by atoms with van der Waals surface area (Å²) in [5.41, 5.74) is 18.9. The number of hydrogen-bond donors (Lipinski definition) is 0. The summed E-state index contributed by atoms with van der Waals surface area (Å²) < 4.78 is 0. The lowest BCUT2D eigenvalue weighted by molar-refractivity contribution is 0.616. The fourth-order valence-electron chi connectivity index (χ4n) is 9.08. The summed E-state index contributed by atoms with van der Waals surface area (Å²) in [5, 5.41) is 1.64. The lowest BCUT2D eigenvalue weighted by atomic mass is 9.79. The van der Waals surface area contributed by atoms with Crippen LogP contribution in [-0.4, -0.2) is 0 Å². The van der Waals surface area contributed by atoms with E-state index < -0.39 is 7.92 Å². The Morgan fingerprint density at radius 2 is 0.741 bits per heavy atom. The Kier molecular flexibility index (Phi) is 12.7. The molecule has 1 aliphatic heterocycles. The Bertz CT molecular complexity index is 1810. The van der Waals surface area contributed by atoms with Crippen molar-refractivity contribution in [1.82, 2.24) is 0 Å². The molecule has 1 heterocycles. The van der Waals surface area contributed by atoms with Gasteiger partial charge in [0.1, 0.15) is 0 Å². The van der Waals surface area contributed by atoms with Crippen molar-refractivity contribution in [2.45, 2.75) is 149 Å². The van der Waals surface area contributed by atoms with Crippen LogP contribution in [0.25, 0.3) is 22.3 Å². The first-order valence-corrected chi connectivity index (χ1v) is 22.6. The first kappa shape index (κ1) is 40.2. The van der Waals surface area contributed by atoms with E-state index >= 15 is 0 Å². The lowest BCUT2D eigenvalue weighted by Gasteiger charge is -2.42. The third-order valence-electron chi connectivity index (χ3n) is 12.1. The van der Waals surface area contributed by atoms with Crippen LogP contribution in [0.15, 0.2) is 103 Å². The van der Waals surface area contributed by atoms with Gasteiger partial charge in [-0.1, -0.05) is 201 Å². The van der Waals surface area contributed by atoms with E-state index in [1.165, 1.54) is 86.0 Å². The van der Waals surface area contributed by atoms with Gasteiger partial charge in [-0.15, -0.1) is 0 Å². The van der Waals surface area contributed by atoms with E-state index in [2.05, 4.69) is 186 Å². The normalized spacial score (nSPS) is 17.9. The molecule has 0 amide bonds. The van der Waals surface area contributed by atoms with Crippen molar-refractivity contribution in [2.24, 2.45) is 0 Å². The van der Waals surface area contributed by atoms with Gasteiger partial charge >= 0.3 is 0 Å². The fraction of sp³-hybridized carbons (Fsp3) is 0.434.